The predicted molar refractivity (Wildman–Crippen MR) is 56.4 cm³/mol. The zero-order valence-corrected chi connectivity index (χ0v) is 9.62. The third-order valence-electron chi connectivity index (χ3n) is 2.22. The Bertz CT molecular complexity index is 194. The van der Waals surface area contributed by atoms with Crippen LogP contribution in [-0.2, 0) is 9.53 Å². The number of esters is 1. The average Bonchev–Trinajstić information content (AvgIpc) is 2.22. The summed E-state index contributed by atoms with van der Waals surface area (Å²) in [5.41, 5.74) is -1.51. The van der Waals surface area contributed by atoms with Gasteiger partial charge in [-0.2, -0.15) is 0 Å². The van der Waals surface area contributed by atoms with E-state index in [0.29, 0.717) is 19.4 Å². The van der Waals surface area contributed by atoms with Gasteiger partial charge in [0.1, 0.15) is 0 Å². The van der Waals surface area contributed by atoms with Crippen molar-refractivity contribution >= 4 is 5.97 Å². The number of hydrogen-bond acceptors (Lipinski definition) is 5. The maximum absolute atomic E-state index is 11.1. The van der Waals surface area contributed by atoms with Crippen molar-refractivity contribution in [3.05, 3.63) is 0 Å². The average molecular weight is 219 g/mol. The van der Waals surface area contributed by atoms with Crippen LogP contribution in [0.25, 0.3) is 0 Å². The third kappa shape index (κ3) is 5.71. The van der Waals surface area contributed by atoms with Crippen molar-refractivity contribution in [3.8, 4) is 0 Å². The van der Waals surface area contributed by atoms with Crippen LogP contribution in [0.1, 0.15) is 26.7 Å². The summed E-state index contributed by atoms with van der Waals surface area (Å²) in [5, 5.41) is 21.7. The van der Waals surface area contributed by atoms with Crippen LogP contribution in [0, 0.1) is 0 Å². The Morgan fingerprint density at radius 3 is 2.67 bits per heavy atom. The topological polar surface area (TPSA) is 78.8 Å². The molecule has 0 aromatic rings. The molecule has 3 N–H and O–H groups in total. The number of rotatable bonds is 7. The smallest absolute Gasteiger partial charge is 0.338 e. The highest BCUT2D eigenvalue weighted by molar-refractivity contribution is 5.78. The molecule has 5 heteroatoms. The molecule has 0 bridgehead atoms. The first-order chi connectivity index (χ1) is 6.94. The second kappa shape index (κ2) is 6.76. The van der Waals surface area contributed by atoms with E-state index in [1.807, 2.05) is 6.92 Å². The summed E-state index contributed by atoms with van der Waals surface area (Å²) in [5.74, 6) is -0.661. The number of aliphatic hydroxyl groups is 2. The molecule has 0 radical (unpaired) electrons. The number of nitrogens with one attached hydrogen (secondary N) is 1. The third-order valence-corrected chi connectivity index (χ3v) is 2.22. The van der Waals surface area contributed by atoms with Gasteiger partial charge in [-0.15, -0.1) is 0 Å². The molecule has 0 aliphatic heterocycles. The second-order valence-electron chi connectivity index (χ2n) is 3.79. The van der Waals surface area contributed by atoms with Gasteiger partial charge in [-0.25, -0.2) is 4.79 Å². The summed E-state index contributed by atoms with van der Waals surface area (Å²) in [6, 6.07) is 0. The Labute approximate surface area is 90.4 Å². The molecular weight excluding hydrogens is 198 g/mol. The molecule has 0 saturated carbocycles. The first-order valence-electron chi connectivity index (χ1n) is 5.13. The monoisotopic (exact) mass is 219 g/mol. The van der Waals surface area contributed by atoms with Crippen molar-refractivity contribution in [1.82, 2.24) is 5.32 Å². The summed E-state index contributed by atoms with van der Waals surface area (Å²) < 4.78 is 4.44. The predicted octanol–water partition coefficient (Wildman–Crippen LogP) is -0.339. The lowest BCUT2D eigenvalue weighted by Crippen LogP contribution is -2.46. The minimum atomic E-state index is -1.51. The molecule has 2 unspecified atom stereocenters. The van der Waals surface area contributed by atoms with Gasteiger partial charge in [-0.05, 0) is 26.3 Å². The lowest BCUT2D eigenvalue weighted by atomic mass is 10.1. The minimum Gasteiger partial charge on any atom is -0.467 e. The van der Waals surface area contributed by atoms with Gasteiger partial charge in [0.15, 0.2) is 5.60 Å². The highest BCUT2D eigenvalue weighted by Gasteiger charge is 2.30. The lowest BCUT2D eigenvalue weighted by Gasteiger charge is -2.20. The van der Waals surface area contributed by atoms with Crippen LogP contribution in [0.4, 0.5) is 0 Å². The van der Waals surface area contributed by atoms with Crippen LogP contribution in [-0.4, -0.2) is 48.1 Å². The van der Waals surface area contributed by atoms with Gasteiger partial charge in [0.05, 0.1) is 13.2 Å². The number of carbonyl (C=O) groups is 1. The van der Waals surface area contributed by atoms with Crippen molar-refractivity contribution in [2.45, 2.75) is 38.4 Å². The lowest BCUT2D eigenvalue weighted by molar-refractivity contribution is -0.159. The number of ether oxygens (including phenoxy) is 1. The Morgan fingerprint density at radius 2 is 2.20 bits per heavy atom. The van der Waals surface area contributed by atoms with Crippen LogP contribution in [0.5, 0.6) is 0 Å². The van der Waals surface area contributed by atoms with Crippen molar-refractivity contribution in [3.63, 3.8) is 0 Å². The Kier molecular flexibility index (Phi) is 6.47. The molecule has 0 fully saturated rings. The van der Waals surface area contributed by atoms with E-state index in [4.69, 9.17) is 0 Å². The molecule has 0 rings (SSSR count). The summed E-state index contributed by atoms with van der Waals surface area (Å²) in [7, 11) is 1.23. The quantitative estimate of drug-likeness (QED) is 0.403. The molecule has 0 amide bonds. The molecule has 2 atom stereocenters. The highest BCUT2D eigenvalue weighted by Crippen LogP contribution is 2.03. The normalized spacial score (nSPS) is 16.9. The second-order valence-corrected chi connectivity index (χ2v) is 3.79. The minimum absolute atomic E-state index is 0.121. The molecular formula is C10H21NO4. The van der Waals surface area contributed by atoms with Gasteiger partial charge < -0.3 is 20.3 Å². The number of methoxy groups -OCH3 is 1. The van der Waals surface area contributed by atoms with E-state index in [0.717, 1.165) is 0 Å². The van der Waals surface area contributed by atoms with E-state index in [9.17, 15) is 15.0 Å². The molecule has 0 aromatic heterocycles. The number of hydrogen-bond donors (Lipinski definition) is 3. The van der Waals surface area contributed by atoms with Crippen LogP contribution in [0.2, 0.25) is 0 Å². The maximum Gasteiger partial charge on any atom is 0.338 e. The summed E-state index contributed by atoms with van der Waals surface area (Å²) >= 11 is 0. The molecule has 0 spiro atoms. The standard InChI is InChI=1S/C10H21NO4/c1-4-8(12)5-6-11-7-10(2,14)9(13)15-3/h8,11-12,14H,4-7H2,1-3H3. The van der Waals surface area contributed by atoms with Crippen LogP contribution in [0.3, 0.4) is 0 Å². The number of aliphatic hydroxyl groups excluding tert-OH is 1. The molecule has 0 aliphatic carbocycles. The van der Waals surface area contributed by atoms with Gasteiger partial charge in [0.25, 0.3) is 0 Å². The maximum atomic E-state index is 11.1. The first kappa shape index (κ1) is 14.3. The van der Waals surface area contributed by atoms with E-state index in [1.54, 1.807) is 0 Å². The van der Waals surface area contributed by atoms with E-state index >= 15 is 0 Å². The van der Waals surface area contributed by atoms with Crippen molar-refractivity contribution in [1.29, 1.82) is 0 Å². The van der Waals surface area contributed by atoms with Gasteiger partial charge in [0, 0.05) is 6.54 Å². The largest absolute Gasteiger partial charge is 0.467 e. The summed E-state index contributed by atoms with van der Waals surface area (Å²) in [6.07, 6.45) is 0.976. The molecule has 0 aromatic carbocycles. The Balaban J connectivity index is 3.71. The first-order valence-corrected chi connectivity index (χ1v) is 5.13. The van der Waals surface area contributed by atoms with Gasteiger partial charge >= 0.3 is 5.97 Å². The van der Waals surface area contributed by atoms with E-state index in [2.05, 4.69) is 10.1 Å². The van der Waals surface area contributed by atoms with Crippen molar-refractivity contribution in [2.24, 2.45) is 0 Å². The van der Waals surface area contributed by atoms with E-state index in [1.165, 1.54) is 14.0 Å². The summed E-state index contributed by atoms with van der Waals surface area (Å²) in [4.78, 5) is 11.1. The van der Waals surface area contributed by atoms with Crippen LogP contribution in [0.15, 0.2) is 0 Å². The van der Waals surface area contributed by atoms with E-state index in [-0.39, 0.29) is 12.6 Å². The fraction of sp³-hybridized carbons (Fsp3) is 0.900. The van der Waals surface area contributed by atoms with Gasteiger partial charge in [-0.1, -0.05) is 6.92 Å². The molecule has 0 aliphatic rings. The van der Waals surface area contributed by atoms with Crippen LogP contribution >= 0.6 is 0 Å². The number of carbonyl (C=O) groups excluding carboxylic acids is 1. The van der Waals surface area contributed by atoms with Crippen molar-refractivity contribution in [2.75, 3.05) is 20.2 Å². The van der Waals surface area contributed by atoms with Gasteiger partial charge in [0.2, 0.25) is 0 Å². The van der Waals surface area contributed by atoms with Gasteiger partial charge in [-0.3, -0.25) is 0 Å². The Hall–Kier alpha value is -0.650. The highest BCUT2D eigenvalue weighted by atomic mass is 16.5. The van der Waals surface area contributed by atoms with Crippen LogP contribution < -0.4 is 5.32 Å². The molecule has 0 heterocycles. The fourth-order valence-electron chi connectivity index (χ4n) is 1.10. The van der Waals surface area contributed by atoms with E-state index < -0.39 is 11.6 Å². The fourth-order valence-corrected chi connectivity index (χ4v) is 1.10. The SMILES string of the molecule is CCC(O)CCNCC(C)(O)C(=O)OC. The zero-order chi connectivity index (χ0) is 11.9. The Morgan fingerprint density at radius 1 is 1.60 bits per heavy atom. The zero-order valence-electron chi connectivity index (χ0n) is 9.62. The molecule has 15 heavy (non-hydrogen) atoms. The molecule has 90 valence electrons. The van der Waals surface area contributed by atoms with Crippen molar-refractivity contribution < 1.29 is 19.7 Å². The summed E-state index contributed by atoms with van der Waals surface area (Å²) in [6.45, 7) is 3.97. The molecule has 5 nitrogen and oxygen atoms in total. The molecule has 0 saturated heterocycles.